The van der Waals surface area contributed by atoms with Gasteiger partial charge in [-0.2, -0.15) is 11.3 Å². The summed E-state index contributed by atoms with van der Waals surface area (Å²) in [7, 11) is 0. The van der Waals surface area contributed by atoms with Crippen LogP contribution in [0.25, 0.3) is 0 Å². The van der Waals surface area contributed by atoms with Gasteiger partial charge in [-0.25, -0.2) is 4.79 Å². The molecule has 1 unspecified atom stereocenters. The van der Waals surface area contributed by atoms with E-state index in [4.69, 9.17) is 0 Å². The van der Waals surface area contributed by atoms with Gasteiger partial charge < -0.3 is 15.5 Å². The largest absolute Gasteiger partial charge is 0.352 e. The van der Waals surface area contributed by atoms with E-state index in [2.05, 4.69) is 39.3 Å². The van der Waals surface area contributed by atoms with Gasteiger partial charge in [-0.15, -0.1) is 0 Å². The Kier molecular flexibility index (Phi) is 6.41. The van der Waals surface area contributed by atoms with Crippen molar-refractivity contribution in [2.75, 3.05) is 32.7 Å². The van der Waals surface area contributed by atoms with Crippen LogP contribution in [0, 0.1) is 0 Å². The minimum Gasteiger partial charge on any atom is -0.352 e. The third kappa shape index (κ3) is 5.21. The lowest BCUT2D eigenvalue weighted by atomic mass is 10.1. The molecule has 1 aliphatic rings. The number of nitrogens with one attached hydrogen (secondary N) is 2. The average molecular weight is 338 g/mol. The maximum absolute atomic E-state index is 12.1. The van der Waals surface area contributed by atoms with Crippen LogP contribution in [0.15, 0.2) is 16.8 Å². The molecule has 1 aliphatic heterocycles. The summed E-state index contributed by atoms with van der Waals surface area (Å²) in [6, 6.07) is 2.46. The number of urea groups is 1. The van der Waals surface area contributed by atoms with Crippen molar-refractivity contribution < 1.29 is 9.59 Å². The first-order valence-corrected chi connectivity index (χ1v) is 9.00. The first kappa shape index (κ1) is 17.7. The molecule has 2 rings (SSSR count). The molecule has 0 radical (unpaired) electrons. The van der Waals surface area contributed by atoms with Crippen LogP contribution in [0.5, 0.6) is 0 Å². The number of thiophene rings is 1. The minimum absolute atomic E-state index is 0.0303. The van der Waals surface area contributed by atoms with Crippen molar-refractivity contribution >= 4 is 23.3 Å². The van der Waals surface area contributed by atoms with E-state index in [1.54, 1.807) is 16.2 Å². The van der Waals surface area contributed by atoms with Crippen LogP contribution in [0.2, 0.25) is 0 Å². The van der Waals surface area contributed by atoms with E-state index in [0.717, 1.165) is 13.1 Å². The molecule has 128 valence electrons. The normalized spacial score (nSPS) is 17.1. The van der Waals surface area contributed by atoms with Gasteiger partial charge in [0.2, 0.25) is 5.91 Å². The quantitative estimate of drug-likeness (QED) is 0.858. The lowest BCUT2D eigenvalue weighted by molar-refractivity contribution is -0.120. The van der Waals surface area contributed by atoms with Gasteiger partial charge in [-0.3, -0.25) is 9.69 Å². The molecule has 23 heavy (non-hydrogen) atoms. The number of hydrogen-bond acceptors (Lipinski definition) is 4. The van der Waals surface area contributed by atoms with Crippen LogP contribution in [0.3, 0.4) is 0 Å². The lowest BCUT2D eigenvalue weighted by Gasteiger charge is -2.37. The predicted octanol–water partition coefficient (Wildman–Crippen LogP) is 1.66. The van der Waals surface area contributed by atoms with E-state index in [1.807, 2.05) is 13.8 Å². The molecule has 2 heterocycles. The van der Waals surface area contributed by atoms with Crippen LogP contribution in [0.1, 0.15) is 32.4 Å². The van der Waals surface area contributed by atoms with E-state index in [9.17, 15) is 9.59 Å². The van der Waals surface area contributed by atoms with E-state index in [0.29, 0.717) is 19.1 Å². The molecule has 7 heteroatoms. The van der Waals surface area contributed by atoms with Gasteiger partial charge in [0.1, 0.15) is 0 Å². The Morgan fingerprint density at radius 3 is 2.48 bits per heavy atom. The van der Waals surface area contributed by atoms with E-state index < -0.39 is 0 Å². The second-order valence-corrected chi connectivity index (χ2v) is 6.92. The lowest BCUT2D eigenvalue weighted by Crippen LogP contribution is -2.53. The molecule has 1 saturated heterocycles. The number of nitrogens with zero attached hydrogens (tertiary/aromatic N) is 2. The second kappa shape index (κ2) is 8.31. The molecule has 0 aliphatic carbocycles. The fraction of sp³-hybridized carbons (Fsp3) is 0.625. The molecular formula is C16H26N4O2S. The standard InChI is InChI=1S/C16H26N4O2S/c1-12(2)18-15(21)10-17-16(22)20-7-5-19(6-8-20)13(3)14-4-9-23-11-14/h4,9,11-13H,5-8,10H2,1-3H3,(H,17,22)(H,18,21). The third-order valence-corrected chi connectivity index (χ3v) is 4.73. The number of piperazine rings is 1. The number of rotatable bonds is 5. The van der Waals surface area contributed by atoms with Gasteiger partial charge in [0.25, 0.3) is 0 Å². The summed E-state index contributed by atoms with van der Waals surface area (Å²) in [5.74, 6) is -0.155. The molecule has 0 saturated carbocycles. The van der Waals surface area contributed by atoms with E-state index >= 15 is 0 Å². The Labute approximate surface area is 141 Å². The SMILES string of the molecule is CC(C)NC(=O)CNC(=O)N1CCN(C(C)c2ccsc2)CC1. The van der Waals surface area contributed by atoms with Crippen molar-refractivity contribution in [2.24, 2.45) is 0 Å². The minimum atomic E-state index is -0.160. The fourth-order valence-electron chi connectivity index (χ4n) is 2.68. The topological polar surface area (TPSA) is 64.7 Å². The summed E-state index contributed by atoms with van der Waals surface area (Å²) in [6.45, 7) is 9.10. The Balaban J connectivity index is 1.73. The molecule has 0 spiro atoms. The van der Waals surface area contributed by atoms with Crippen LogP contribution >= 0.6 is 11.3 Å². The summed E-state index contributed by atoms with van der Waals surface area (Å²) in [4.78, 5) is 27.8. The highest BCUT2D eigenvalue weighted by molar-refractivity contribution is 7.07. The fourth-order valence-corrected chi connectivity index (χ4v) is 3.42. The highest BCUT2D eigenvalue weighted by Crippen LogP contribution is 2.23. The number of carbonyl (C=O) groups excluding carboxylic acids is 2. The molecule has 1 atom stereocenters. The van der Waals surface area contributed by atoms with Crippen LogP contribution < -0.4 is 10.6 Å². The zero-order chi connectivity index (χ0) is 16.8. The van der Waals surface area contributed by atoms with Crippen molar-refractivity contribution in [3.05, 3.63) is 22.4 Å². The predicted molar refractivity (Wildman–Crippen MR) is 92.6 cm³/mol. The van der Waals surface area contributed by atoms with Crippen molar-refractivity contribution in [2.45, 2.75) is 32.9 Å². The average Bonchev–Trinajstić information content (AvgIpc) is 3.06. The maximum Gasteiger partial charge on any atom is 0.317 e. The second-order valence-electron chi connectivity index (χ2n) is 6.14. The Hall–Kier alpha value is -1.60. The van der Waals surface area contributed by atoms with E-state index in [-0.39, 0.29) is 24.5 Å². The molecule has 1 fully saturated rings. The zero-order valence-electron chi connectivity index (χ0n) is 14.0. The monoisotopic (exact) mass is 338 g/mol. The van der Waals surface area contributed by atoms with Crippen molar-refractivity contribution in [3.63, 3.8) is 0 Å². The molecule has 1 aromatic heterocycles. The van der Waals surface area contributed by atoms with Gasteiger partial charge in [0.15, 0.2) is 0 Å². The van der Waals surface area contributed by atoms with Crippen LogP contribution in [-0.4, -0.2) is 60.5 Å². The summed E-state index contributed by atoms with van der Waals surface area (Å²) in [5.41, 5.74) is 1.33. The van der Waals surface area contributed by atoms with Gasteiger partial charge >= 0.3 is 6.03 Å². The van der Waals surface area contributed by atoms with Crippen LogP contribution in [0.4, 0.5) is 4.79 Å². The first-order valence-electron chi connectivity index (χ1n) is 8.05. The molecule has 1 aromatic rings. The molecule has 0 aromatic carbocycles. The zero-order valence-corrected chi connectivity index (χ0v) is 14.9. The van der Waals surface area contributed by atoms with Gasteiger partial charge in [0, 0.05) is 38.3 Å². The van der Waals surface area contributed by atoms with Crippen molar-refractivity contribution in [3.8, 4) is 0 Å². The number of carbonyl (C=O) groups is 2. The Morgan fingerprint density at radius 2 is 1.91 bits per heavy atom. The highest BCUT2D eigenvalue weighted by Gasteiger charge is 2.25. The Bertz CT molecular complexity index is 510. The molecular weight excluding hydrogens is 312 g/mol. The van der Waals surface area contributed by atoms with Crippen molar-refractivity contribution in [1.82, 2.24) is 20.4 Å². The highest BCUT2D eigenvalue weighted by atomic mass is 32.1. The first-order chi connectivity index (χ1) is 11.0. The van der Waals surface area contributed by atoms with Gasteiger partial charge in [0.05, 0.1) is 6.54 Å². The maximum atomic E-state index is 12.1. The van der Waals surface area contributed by atoms with Gasteiger partial charge in [-0.1, -0.05) is 0 Å². The summed E-state index contributed by atoms with van der Waals surface area (Å²) < 4.78 is 0. The third-order valence-electron chi connectivity index (χ3n) is 4.02. The summed E-state index contributed by atoms with van der Waals surface area (Å²) >= 11 is 1.71. The summed E-state index contributed by atoms with van der Waals surface area (Å²) in [5, 5.41) is 9.72. The molecule has 2 N–H and O–H groups in total. The molecule has 0 bridgehead atoms. The smallest absolute Gasteiger partial charge is 0.317 e. The molecule has 3 amide bonds. The van der Waals surface area contributed by atoms with E-state index in [1.165, 1.54) is 5.56 Å². The molecule has 6 nitrogen and oxygen atoms in total. The number of hydrogen-bond donors (Lipinski definition) is 2. The van der Waals surface area contributed by atoms with Crippen LogP contribution in [-0.2, 0) is 4.79 Å². The van der Waals surface area contributed by atoms with Crippen molar-refractivity contribution in [1.29, 1.82) is 0 Å². The Morgan fingerprint density at radius 1 is 1.22 bits per heavy atom. The summed E-state index contributed by atoms with van der Waals surface area (Å²) in [6.07, 6.45) is 0. The van der Waals surface area contributed by atoms with Gasteiger partial charge in [-0.05, 0) is 43.2 Å². The number of amides is 3.